The molecule has 3 amide bonds. The Balaban J connectivity index is 3.04. The van der Waals surface area contributed by atoms with Crippen molar-refractivity contribution < 1.29 is 19.2 Å². The molecule has 0 aromatic heterocycles. The Hall–Kier alpha value is -2.39. The van der Waals surface area contributed by atoms with Crippen LogP contribution in [0.15, 0.2) is 30.3 Å². The molecule has 0 unspecified atom stereocenters. The normalized spacial score (nSPS) is 14.7. The largest absolute Gasteiger partial charge is 0.344 e. The summed E-state index contributed by atoms with van der Waals surface area (Å²) in [5.41, 5.74) is 6.84. The van der Waals surface area contributed by atoms with Crippen LogP contribution in [-0.2, 0) is 25.6 Å². The molecule has 1 aromatic carbocycles. The van der Waals surface area contributed by atoms with Crippen LogP contribution < -0.4 is 21.7 Å². The fraction of sp³-hybridized carbons (Fsp3) is 0.600. The van der Waals surface area contributed by atoms with Crippen molar-refractivity contribution in [2.24, 2.45) is 17.6 Å². The smallest absolute Gasteiger partial charge is 0.243 e. The first kappa shape index (κ1) is 29.6. The van der Waals surface area contributed by atoms with Crippen molar-refractivity contribution in [2.75, 3.05) is 12.0 Å². The third kappa shape index (κ3) is 10.7. The van der Waals surface area contributed by atoms with Crippen LogP contribution in [0.1, 0.15) is 46.1 Å². The minimum atomic E-state index is -0.910. The number of benzene rings is 1. The molecular weight excluding hydrogens is 452 g/mol. The molecule has 0 aliphatic rings. The van der Waals surface area contributed by atoms with Crippen molar-refractivity contribution >= 4 is 35.8 Å². The van der Waals surface area contributed by atoms with Crippen LogP contribution >= 0.6 is 11.8 Å². The molecule has 34 heavy (non-hydrogen) atoms. The van der Waals surface area contributed by atoms with E-state index < -0.39 is 41.9 Å². The van der Waals surface area contributed by atoms with Crippen molar-refractivity contribution in [3.63, 3.8) is 0 Å². The van der Waals surface area contributed by atoms with Crippen LogP contribution in [0, 0.1) is 11.8 Å². The average molecular weight is 492 g/mol. The van der Waals surface area contributed by atoms with E-state index >= 15 is 0 Å². The quantitative estimate of drug-likeness (QED) is 0.295. The molecule has 4 atom stereocenters. The number of thioether (sulfide) groups is 1. The molecule has 0 saturated heterocycles. The second-order valence-electron chi connectivity index (χ2n) is 9.17. The van der Waals surface area contributed by atoms with Crippen LogP contribution in [0.5, 0.6) is 0 Å². The van der Waals surface area contributed by atoms with Gasteiger partial charge in [-0.3, -0.25) is 19.2 Å². The zero-order valence-electron chi connectivity index (χ0n) is 20.8. The molecule has 9 heteroatoms. The molecule has 0 aliphatic carbocycles. The van der Waals surface area contributed by atoms with E-state index in [2.05, 4.69) is 16.0 Å². The SMILES string of the molecule is CSCC[C@@H]([C]=O)NC(=O)[C@H](CC(C)C)NC(=O)[C@H](Cc1ccccc1)NC(=O)[C@@H](N)C(C)C. The molecule has 1 radical (unpaired) electrons. The second-order valence-corrected chi connectivity index (χ2v) is 10.2. The van der Waals surface area contributed by atoms with Gasteiger partial charge in [0.15, 0.2) is 0 Å². The van der Waals surface area contributed by atoms with Gasteiger partial charge in [0.2, 0.25) is 24.0 Å². The van der Waals surface area contributed by atoms with Gasteiger partial charge in [-0.15, -0.1) is 0 Å². The van der Waals surface area contributed by atoms with Crippen LogP contribution in [-0.4, -0.2) is 60.2 Å². The van der Waals surface area contributed by atoms with E-state index in [0.717, 1.165) is 5.56 Å². The number of amides is 3. The summed E-state index contributed by atoms with van der Waals surface area (Å²) in [5.74, 6) is -0.647. The number of nitrogens with one attached hydrogen (secondary N) is 3. The third-order valence-corrected chi connectivity index (χ3v) is 5.99. The monoisotopic (exact) mass is 491 g/mol. The summed E-state index contributed by atoms with van der Waals surface area (Å²) in [6, 6.07) is 6.03. The Kier molecular flexibility index (Phi) is 13.5. The summed E-state index contributed by atoms with van der Waals surface area (Å²) >= 11 is 1.57. The maximum absolute atomic E-state index is 13.3. The van der Waals surface area contributed by atoms with E-state index in [9.17, 15) is 19.2 Å². The lowest BCUT2D eigenvalue weighted by Gasteiger charge is -2.26. The lowest BCUT2D eigenvalue weighted by Crippen LogP contribution is -2.58. The summed E-state index contributed by atoms with van der Waals surface area (Å²) in [7, 11) is 0. The number of carbonyl (C=O) groups excluding carboxylic acids is 4. The van der Waals surface area contributed by atoms with Crippen LogP contribution in [0.2, 0.25) is 0 Å². The Morgan fingerprint density at radius 1 is 0.941 bits per heavy atom. The van der Waals surface area contributed by atoms with Gasteiger partial charge in [0.25, 0.3) is 0 Å². The summed E-state index contributed by atoms with van der Waals surface area (Å²) in [5, 5.41) is 8.21. The van der Waals surface area contributed by atoms with Crippen LogP contribution in [0.3, 0.4) is 0 Å². The van der Waals surface area contributed by atoms with Gasteiger partial charge >= 0.3 is 0 Å². The van der Waals surface area contributed by atoms with Crippen molar-refractivity contribution in [2.45, 2.75) is 71.1 Å². The predicted octanol–water partition coefficient (Wildman–Crippen LogP) is 1.58. The van der Waals surface area contributed by atoms with E-state index in [-0.39, 0.29) is 18.3 Å². The van der Waals surface area contributed by atoms with Crippen molar-refractivity contribution in [3.8, 4) is 0 Å². The average Bonchev–Trinajstić information content (AvgIpc) is 2.80. The highest BCUT2D eigenvalue weighted by atomic mass is 32.2. The van der Waals surface area contributed by atoms with Gasteiger partial charge in [-0.2, -0.15) is 11.8 Å². The molecule has 8 nitrogen and oxygen atoms in total. The minimum absolute atomic E-state index is 0.0993. The summed E-state index contributed by atoms with van der Waals surface area (Å²) in [4.78, 5) is 50.1. The zero-order valence-corrected chi connectivity index (χ0v) is 21.6. The topological polar surface area (TPSA) is 130 Å². The fourth-order valence-corrected chi connectivity index (χ4v) is 3.74. The zero-order chi connectivity index (χ0) is 25.7. The van der Waals surface area contributed by atoms with Gasteiger partial charge in [0.1, 0.15) is 12.1 Å². The minimum Gasteiger partial charge on any atom is -0.344 e. The van der Waals surface area contributed by atoms with Crippen LogP contribution in [0.25, 0.3) is 0 Å². The number of nitrogens with two attached hydrogens (primary N) is 1. The molecular formula is C25H39N4O4S. The van der Waals surface area contributed by atoms with Gasteiger partial charge in [-0.1, -0.05) is 58.0 Å². The van der Waals surface area contributed by atoms with Crippen molar-refractivity contribution in [3.05, 3.63) is 35.9 Å². The molecule has 0 fully saturated rings. The fourth-order valence-electron chi connectivity index (χ4n) is 3.27. The Morgan fingerprint density at radius 3 is 2.06 bits per heavy atom. The first-order valence-corrected chi connectivity index (χ1v) is 13.1. The first-order chi connectivity index (χ1) is 16.1. The Morgan fingerprint density at radius 2 is 1.53 bits per heavy atom. The second kappa shape index (κ2) is 15.5. The summed E-state index contributed by atoms with van der Waals surface area (Å²) in [6.07, 6.45) is 4.85. The maximum atomic E-state index is 13.3. The van der Waals surface area contributed by atoms with E-state index in [1.165, 1.54) is 0 Å². The third-order valence-electron chi connectivity index (χ3n) is 5.35. The molecule has 0 spiro atoms. The van der Waals surface area contributed by atoms with Crippen molar-refractivity contribution in [1.82, 2.24) is 16.0 Å². The van der Waals surface area contributed by atoms with E-state index in [4.69, 9.17) is 5.73 Å². The molecule has 0 heterocycles. The lowest BCUT2D eigenvalue weighted by molar-refractivity contribution is -0.133. The predicted molar refractivity (Wildman–Crippen MR) is 137 cm³/mol. The molecule has 1 rings (SSSR count). The lowest BCUT2D eigenvalue weighted by atomic mass is 9.99. The molecule has 0 aliphatic heterocycles. The van der Waals surface area contributed by atoms with Gasteiger partial charge < -0.3 is 21.7 Å². The van der Waals surface area contributed by atoms with E-state index in [0.29, 0.717) is 18.6 Å². The molecule has 1 aromatic rings. The molecule has 189 valence electrons. The highest BCUT2D eigenvalue weighted by Crippen LogP contribution is 2.10. The van der Waals surface area contributed by atoms with E-state index in [1.54, 1.807) is 11.8 Å². The van der Waals surface area contributed by atoms with Crippen molar-refractivity contribution in [1.29, 1.82) is 0 Å². The molecule has 5 N–H and O–H groups in total. The molecule has 0 bridgehead atoms. The highest BCUT2D eigenvalue weighted by Gasteiger charge is 2.30. The molecule has 0 saturated carbocycles. The summed E-state index contributed by atoms with van der Waals surface area (Å²) in [6.45, 7) is 7.54. The van der Waals surface area contributed by atoms with Gasteiger partial charge in [0, 0.05) is 6.42 Å². The summed E-state index contributed by atoms with van der Waals surface area (Å²) < 4.78 is 0. The number of hydrogen-bond donors (Lipinski definition) is 4. The van der Waals surface area contributed by atoms with Crippen LogP contribution in [0.4, 0.5) is 0 Å². The van der Waals surface area contributed by atoms with Gasteiger partial charge in [0.05, 0.1) is 12.1 Å². The number of hydrogen-bond acceptors (Lipinski definition) is 6. The number of carbonyl (C=O) groups is 3. The first-order valence-electron chi connectivity index (χ1n) is 11.7. The van der Waals surface area contributed by atoms with Gasteiger partial charge in [-0.25, -0.2) is 0 Å². The standard InChI is InChI=1S/C25H39N4O4S/c1-16(2)13-20(23(31)27-19(15-30)11-12-34-5)28-24(32)21(14-18-9-7-6-8-10-18)29-25(33)22(26)17(3)4/h6-10,16-17,19-22H,11-14,26H2,1-5H3,(H,27,31)(H,28,32)(H,29,33)/t19-,20-,21-,22-/m0/s1. The highest BCUT2D eigenvalue weighted by molar-refractivity contribution is 7.98. The number of rotatable bonds is 15. The maximum Gasteiger partial charge on any atom is 0.243 e. The van der Waals surface area contributed by atoms with E-state index in [1.807, 2.05) is 70.6 Å². The Labute approximate surface area is 207 Å². The Bertz CT molecular complexity index is 788. The van der Waals surface area contributed by atoms with Gasteiger partial charge in [-0.05, 0) is 42.2 Å².